The summed E-state index contributed by atoms with van der Waals surface area (Å²) in [7, 11) is 0. The first kappa shape index (κ1) is 15.9. The minimum Gasteiger partial charge on any atom is -0.392 e. The fourth-order valence-corrected chi connectivity index (χ4v) is 2.57. The van der Waals surface area contributed by atoms with Gasteiger partial charge in [-0.05, 0) is 38.0 Å². The van der Waals surface area contributed by atoms with Crippen molar-refractivity contribution < 1.29 is 13.9 Å². The summed E-state index contributed by atoms with van der Waals surface area (Å²) in [5, 5.41) is 14.9. The van der Waals surface area contributed by atoms with Gasteiger partial charge < -0.3 is 5.11 Å². The summed E-state index contributed by atoms with van der Waals surface area (Å²) in [4.78, 5) is 0. The molecule has 0 aliphatic rings. The lowest BCUT2D eigenvalue weighted by atomic mass is 10.0. The Morgan fingerprint density at radius 1 is 1.24 bits per heavy atom. The topological polar surface area (TPSA) is 38.0 Å². The number of rotatable bonds is 5. The molecule has 1 heterocycles. The second-order valence-corrected chi connectivity index (χ2v) is 5.38. The van der Waals surface area contributed by atoms with Crippen LogP contribution < -0.4 is 0 Å². The first-order chi connectivity index (χ1) is 9.90. The zero-order valence-corrected chi connectivity index (χ0v) is 12.7. The molecule has 114 valence electrons. The fourth-order valence-electron chi connectivity index (χ4n) is 2.36. The minimum absolute atomic E-state index is 0.152. The van der Waals surface area contributed by atoms with Crippen LogP contribution in [0.1, 0.15) is 23.9 Å². The standard InChI is InChI=1S/C15H17ClF2N2O/c1-3-20-14(15(16)9(2)19-20)8-13(21)6-10-4-11(17)7-12(18)5-10/h4-5,7,13,21H,3,6,8H2,1-2H3. The molecule has 0 saturated heterocycles. The first-order valence-electron chi connectivity index (χ1n) is 6.75. The van der Waals surface area contributed by atoms with Crippen molar-refractivity contribution in [2.24, 2.45) is 0 Å². The van der Waals surface area contributed by atoms with Crippen LogP contribution in [-0.4, -0.2) is 21.0 Å². The summed E-state index contributed by atoms with van der Waals surface area (Å²) in [6.45, 7) is 4.37. The van der Waals surface area contributed by atoms with Crippen LogP contribution in [0.3, 0.4) is 0 Å². The summed E-state index contributed by atoms with van der Waals surface area (Å²) in [6.07, 6.45) is -0.352. The Bertz CT molecular complexity index is 623. The summed E-state index contributed by atoms with van der Waals surface area (Å²) >= 11 is 6.18. The highest BCUT2D eigenvalue weighted by atomic mass is 35.5. The zero-order chi connectivity index (χ0) is 15.6. The molecular weight excluding hydrogens is 298 g/mol. The van der Waals surface area contributed by atoms with Gasteiger partial charge in [0.1, 0.15) is 11.6 Å². The molecule has 0 radical (unpaired) electrons. The van der Waals surface area contributed by atoms with E-state index < -0.39 is 17.7 Å². The van der Waals surface area contributed by atoms with Gasteiger partial charge in [0.2, 0.25) is 0 Å². The number of hydrogen-bond acceptors (Lipinski definition) is 2. The zero-order valence-electron chi connectivity index (χ0n) is 11.9. The van der Waals surface area contributed by atoms with Crippen molar-refractivity contribution in [3.63, 3.8) is 0 Å². The van der Waals surface area contributed by atoms with Crippen LogP contribution in [0.5, 0.6) is 0 Å². The number of benzene rings is 1. The average molecular weight is 315 g/mol. The third-order valence-electron chi connectivity index (χ3n) is 3.28. The third-order valence-corrected chi connectivity index (χ3v) is 3.77. The molecule has 2 aromatic rings. The molecule has 1 unspecified atom stereocenters. The highest BCUT2D eigenvalue weighted by Gasteiger charge is 2.17. The molecule has 0 spiro atoms. The molecule has 2 rings (SSSR count). The van der Waals surface area contributed by atoms with Crippen molar-refractivity contribution in [2.75, 3.05) is 0 Å². The third kappa shape index (κ3) is 3.80. The van der Waals surface area contributed by atoms with E-state index in [2.05, 4.69) is 5.10 Å². The minimum atomic E-state index is -0.787. The van der Waals surface area contributed by atoms with Gasteiger partial charge in [-0.15, -0.1) is 0 Å². The van der Waals surface area contributed by atoms with Crippen molar-refractivity contribution in [3.05, 3.63) is 51.8 Å². The first-order valence-corrected chi connectivity index (χ1v) is 7.13. The predicted octanol–water partition coefficient (Wildman–Crippen LogP) is 3.29. The van der Waals surface area contributed by atoms with Crippen molar-refractivity contribution >= 4 is 11.6 Å². The van der Waals surface area contributed by atoms with Gasteiger partial charge in [-0.2, -0.15) is 5.10 Å². The van der Waals surface area contributed by atoms with E-state index in [0.29, 0.717) is 22.8 Å². The van der Waals surface area contributed by atoms with Crippen molar-refractivity contribution in [1.82, 2.24) is 9.78 Å². The van der Waals surface area contributed by atoms with E-state index in [-0.39, 0.29) is 12.8 Å². The van der Waals surface area contributed by atoms with Crippen LogP contribution in [0.25, 0.3) is 0 Å². The van der Waals surface area contributed by atoms with Gasteiger partial charge >= 0.3 is 0 Å². The van der Waals surface area contributed by atoms with E-state index in [1.54, 1.807) is 11.6 Å². The van der Waals surface area contributed by atoms with Crippen molar-refractivity contribution in [3.8, 4) is 0 Å². The molecule has 0 aliphatic carbocycles. The van der Waals surface area contributed by atoms with E-state index in [4.69, 9.17) is 11.6 Å². The number of halogens is 3. The van der Waals surface area contributed by atoms with Gasteiger partial charge in [0.15, 0.2) is 0 Å². The normalized spacial score (nSPS) is 12.7. The Morgan fingerprint density at radius 3 is 2.43 bits per heavy atom. The molecule has 21 heavy (non-hydrogen) atoms. The Hall–Kier alpha value is -1.46. The number of nitrogens with zero attached hydrogens (tertiary/aromatic N) is 2. The molecule has 1 N–H and O–H groups in total. The van der Waals surface area contributed by atoms with Gasteiger partial charge in [-0.3, -0.25) is 4.68 Å². The SMILES string of the molecule is CCn1nc(C)c(Cl)c1CC(O)Cc1cc(F)cc(F)c1. The number of aliphatic hydroxyl groups excluding tert-OH is 1. The molecule has 1 aromatic carbocycles. The number of hydrogen-bond donors (Lipinski definition) is 1. The lowest BCUT2D eigenvalue weighted by Crippen LogP contribution is -2.17. The van der Waals surface area contributed by atoms with Crippen LogP contribution in [0.15, 0.2) is 18.2 Å². The molecule has 1 aromatic heterocycles. The van der Waals surface area contributed by atoms with Gasteiger partial charge in [-0.1, -0.05) is 11.6 Å². The predicted molar refractivity (Wildman–Crippen MR) is 77.4 cm³/mol. The largest absolute Gasteiger partial charge is 0.392 e. The number of aryl methyl sites for hydroxylation is 2. The summed E-state index contributed by atoms with van der Waals surface area (Å²) in [5.74, 6) is -1.30. The van der Waals surface area contributed by atoms with Crippen LogP contribution >= 0.6 is 11.6 Å². The van der Waals surface area contributed by atoms with Gasteiger partial charge in [-0.25, -0.2) is 8.78 Å². The van der Waals surface area contributed by atoms with Crippen LogP contribution in [0, 0.1) is 18.6 Å². The maximum Gasteiger partial charge on any atom is 0.126 e. The second-order valence-electron chi connectivity index (χ2n) is 5.00. The van der Waals surface area contributed by atoms with E-state index in [1.165, 1.54) is 12.1 Å². The van der Waals surface area contributed by atoms with Crippen LogP contribution in [-0.2, 0) is 19.4 Å². The van der Waals surface area contributed by atoms with E-state index in [1.807, 2.05) is 6.92 Å². The fraction of sp³-hybridized carbons (Fsp3) is 0.400. The Balaban J connectivity index is 2.13. The lowest BCUT2D eigenvalue weighted by molar-refractivity contribution is 0.172. The Kier molecular flexibility index (Phi) is 4.96. The molecular formula is C15H17ClF2N2O. The smallest absolute Gasteiger partial charge is 0.126 e. The summed E-state index contributed by atoms with van der Waals surface area (Å²) in [6, 6.07) is 3.24. The van der Waals surface area contributed by atoms with Crippen LogP contribution in [0.4, 0.5) is 8.78 Å². The van der Waals surface area contributed by atoms with Gasteiger partial charge in [0.05, 0.1) is 22.5 Å². The molecule has 3 nitrogen and oxygen atoms in total. The van der Waals surface area contributed by atoms with Crippen LogP contribution in [0.2, 0.25) is 5.02 Å². The summed E-state index contributed by atoms with van der Waals surface area (Å²) in [5.41, 5.74) is 1.86. The van der Waals surface area contributed by atoms with Crippen molar-refractivity contribution in [1.29, 1.82) is 0 Å². The van der Waals surface area contributed by atoms with E-state index in [9.17, 15) is 13.9 Å². The lowest BCUT2D eigenvalue weighted by Gasteiger charge is -2.12. The molecule has 0 fully saturated rings. The highest BCUT2D eigenvalue weighted by molar-refractivity contribution is 6.31. The Labute approximate surface area is 127 Å². The van der Waals surface area contributed by atoms with Crippen molar-refractivity contribution in [2.45, 2.75) is 39.3 Å². The molecule has 1 atom stereocenters. The molecule has 0 aliphatic heterocycles. The quantitative estimate of drug-likeness (QED) is 0.919. The molecule has 0 amide bonds. The summed E-state index contributed by atoms with van der Waals surface area (Å²) < 4.78 is 28.0. The monoisotopic (exact) mass is 314 g/mol. The maximum atomic E-state index is 13.1. The molecule has 0 bridgehead atoms. The van der Waals surface area contributed by atoms with E-state index >= 15 is 0 Å². The van der Waals surface area contributed by atoms with E-state index in [0.717, 1.165) is 11.8 Å². The molecule has 0 saturated carbocycles. The molecule has 6 heteroatoms. The van der Waals surface area contributed by atoms with Gasteiger partial charge in [0, 0.05) is 19.0 Å². The average Bonchev–Trinajstić information content (AvgIpc) is 2.65. The maximum absolute atomic E-state index is 13.1. The number of aromatic nitrogens is 2. The Morgan fingerprint density at radius 2 is 1.86 bits per heavy atom. The number of aliphatic hydroxyl groups is 1. The van der Waals surface area contributed by atoms with Gasteiger partial charge in [0.25, 0.3) is 0 Å². The second kappa shape index (κ2) is 6.54. The highest BCUT2D eigenvalue weighted by Crippen LogP contribution is 2.22.